The predicted molar refractivity (Wildman–Crippen MR) is 82.2 cm³/mol. The Hall–Kier alpha value is -1.40. The van der Waals surface area contributed by atoms with E-state index in [0.717, 1.165) is 5.56 Å². The van der Waals surface area contributed by atoms with Crippen LogP contribution in [0, 0.1) is 0 Å². The van der Waals surface area contributed by atoms with Crippen molar-refractivity contribution >= 4 is 22.5 Å². The van der Waals surface area contributed by atoms with Crippen LogP contribution in [0.25, 0.3) is 0 Å². The molecule has 3 N–H and O–H groups in total. The zero-order valence-electron chi connectivity index (χ0n) is 12.1. The number of aliphatic hydroxyl groups is 1. The second-order valence-corrected chi connectivity index (χ2v) is 6.42. The van der Waals surface area contributed by atoms with Gasteiger partial charge >= 0.3 is 6.03 Å². The number of amides is 2. The number of benzene rings is 1. The van der Waals surface area contributed by atoms with E-state index < -0.39 is 16.9 Å². The Morgan fingerprint density at radius 2 is 1.90 bits per heavy atom. The molecule has 20 heavy (non-hydrogen) atoms. The van der Waals surface area contributed by atoms with Crippen molar-refractivity contribution in [3.63, 3.8) is 0 Å². The third kappa shape index (κ3) is 6.16. The Morgan fingerprint density at radius 1 is 1.30 bits per heavy atom. The lowest BCUT2D eigenvalue weighted by Gasteiger charge is -2.14. The average molecular weight is 298 g/mol. The number of rotatable bonds is 6. The van der Waals surface area contributed by atoms with E-state index in [0.29, 0.717) is 17.9 Å². The molecular weight excluding hydrogens is 276 g/mol. The average Bonchev–Trinajstić information content (AvgIpc) is 2.36. The highest BCUT2D eigenvalue weighted by Crippen LogP contribution is 2.15. The summed E-state index contributed by atoms with van der Waals surface area (Å²) in [5, 5.41) is 14.9. The normalized spacial score (nSPS) is 15.2. The van der Waals surface area contributed by atoms with Crippen molar-refractivity contribution in [2.75, 3.05) is 17.3 Å². The van der Waals surface area contributed by atoms with Gasteiger partial charge in [-0.3, -0.25) is 4.21 Å². The topological polar surface area (TPSA) is 78.4 Å². The van der Waals surface area contributed by atoms with E-state index in [-0.39, 0.29) is 12.1 Å². The summed E-state index contributed by atoms with van der Waals surface area (Å²) in [7, 11) is -0.842. The van der Waals surface area contributed by atoms with E-state index in [1.165, 1.54) is 0 Å². The molecule has 0 saturated heterocycles. The molecule has 0 saturated carbocycles. The lowest BCUT2D eigenvalue weighted by atomic mass is 10.1. The number of anilines is 1. The minimum atomic E-state index is -0.842. The number of nitrogens with one attached hydrogen (secondary N) is 2. The molecule has 112 valence electrons. The number of urea groups is 1. The lowest BCUT2D eigenvalue weighted by Crippen LogP contribution is -2.36. The Labute approximate surface area is 122 Å². The first-order valence-corrected chi connectivity index (χ1v) is 8.26. The third-order valence-electron chi connectivity index (χ3n) is 2.87. The second-order valence-electron chi connectivity index (χ2n) is 4.86. The molecule has 3 atom stereocenters. The van der Waals surface area contributed by atoms with Crippen molar-refractivity contribution in [2.45, 2.75) is 32.4 Å². The minimum Gasteiger partial charge on any atom is -0.389 e. The van der Waals surface area contributed by atoms with E-state index in [2.05, 4.69) is 10.6 Å². The van der Waals surface area contributed by atoms with Crippen molar-refractivity contribution in [3.05, 3.63) is 29.8 Å². The van der Waals surface area contributed by atoms with E-state index >= 15 is 0 Å². The van der Waals surface area contributed by atoms with Crippen molar-refractivity contribution < 1.29 is 14.1 Å². The summed E-state index contributed by atoms with van der Waals surface area (Å²) in [5.74, 6) is 0.574. The standard InChI is InChI=1S/C14H22N2O3S/c1-10(8-9-20(3)19)15-14(18)16-13-6-4-12(5-7-13)11(2)17/h4-7,10-11,17H,8-9H2,1-3H3,(H2,15,16,18). The van der Waals surface area contributed by atoms with Crippen molar-refractivity contribution in [3.8, 4) is 0 Å². The summed E-state index contributed by atoms with van der Waals surface area (Å²) in [5.41, 5.74) is 1.47. The summed E-state index contributed by atoms with van der Waals surface area (Å²) >= 11 is 0. The van der Waals surface area contributed by atoms with E-state index in [1.54, 1.807) is 37.4 Å². The molecule has 1 rings (SSSR count). The summed E-state index contributed by atoms with van der Waals surface area (Å²) in [4.78, 5) is 11.7. The van der Waals surface area contributed by atoms with Crippen LogP contribution in [0.4, 0.5) is 10.5 Å². The van der Waals surface area contributed by atoms with Gasteiger partial charge in [0.25, 0.3) is 0 Å². The molecule has 0 bridgehead atoms. The van der Waals surface area contributed by atoms with Crippen LogP contribution in [-0.2, 0) is 10.8 Å². The highest BCUT2D eigenvalue weighted by molar-refractivity contribution is 7.84. The first-order valence-electron chi connectivity index (χ1n) is 6.54. The van der Waals surface area contributed by atoms with Crippen LogP contribution in [0.1, 0.15) is 31.9 Å². The van der Waals surface area contributed by atoms with Gasteiger partial charge in [-0.05, 0) is 38.0 Å². The van der Waals surface area contributed by atoms with Crippen molar-refractivity contribution in [1.82, 2.24) is 5.32 Å². The Bertz CT molecular complexity index is 460. The van der Waals surface area contributed by atoms with Crippen LogP contribution in [0.15, 0.2) is 24.3 Å². The monoisotopic (exact) mass is 298 g/mol. The molecule has 0 fully saturated rings. The highest BCUT2D eigenvalue weighted by atomic mass is 32.2. The first kappa shape index (κ1) is 16.7. The fourth-order valence-electron chi connectivity index (χ4n) is 1.65. The summed E-state index contributed by atoms with van der Waals surface area (Å²) in [6, 6.07) is 6.70. The number of hydrogen-bond acceptors (Lipinski definition) is 3. The van der Waals surface area contributed by atoms with E-state index in [4.69, 9.17) is 0 Å². The lowest BCUT2D eigenvalue weighted by molar-refractivity contribution is 0.199. The molecule has 0 aliphatic heterocycles. The van der Waals surface area contributed by atoms with Gasteiger partial charge in [0.05, 0.1) is 6.10 Å². The molecule has 0 aliphatic rings. The molecule has 0 aromatic heterocycles. The molecule has 0 heterocycles. The Kier molecular flexibility index (Phi) is 6.67. The molecule has 0 aliphatic carbocycles. The number of carbonyl (C=O) groups is 1. The minimum absolute atomic E-state index is 0.0318. The van der Waals surface area contributed by atoms with Crippen molar-refractivity contribution in [1.29, 1.82) is 0 Å². The fourth-order valence-corrected chi connectivity index (χ4v) is 2.34. The van der Waals surface area contributed by atoms with Gasteiger partial charge in [0.15, 0.2) is 0 Å². The number of carbonyl (C=O) groups excluding carboxylic acids is 1. The van der Waals surface area contributed by atoms with Gasteiger partial charge in [-0.25, -0.2) is 4.79 Å². The van der Waals surface area contributed by atoms with Crippen LogP contribution in [-0.4, -0.2) is 33.4 Å². The molecule has 5 nitrogen and oxygen atoms in total. The predicted octanol–water partition coefficient (Wildman–Crippen LogP) is 2.02. The second kappa shape index (κ2) is 8.01. The van der Waals surface area contributed by atoms with Crippen LogP contribution in [0.3, 0.4) is 0 Å². The fraction of sp³-hybridized carbons (Fsp3) is 0.500. The van der Waals surface area contributed by atoms with E-state index in [1.807, 2.05) is 6.92 Å². The van der Waals surface area contributed by atoms with E-state index in [9.17, 15) is 14.1 Å². The van der Waals surface area contributed by atoms with Crippen molar-refractivity contribution in [2.24, 2.45) is 0 Å². The van der Waals surface area contributed by atoms with Crippen LogP contribution in [0.5, 0.6) is 0 Å². The zero-order valence-corrected chi connectivity index (χ0v) is 12.9. The summed E-state index contributed by atoms with van der Waals surface area (Å²) < 4.78 is 11.0. The third-order valence-corrected chi connectivity index (χ3v) is 3.68. The molecule has 3 unspecified atom stereocenters. The molecular formula is C14H22N2O3S. The van der Waals surface area contributed by atoms with Gasteiger partial charge in [0, 0.05) is 34.5 Å². The molecule has 1 aromatic carbocycles. The largest absolute Gasteiger partial charge is 0.389 e. The molecule has 6 heteroatoms. The van der Waals surface area contributed by atoms with Gasteiger partial charge in [0.1, 0.15) is 0 Å². The van der Waals surface area contributed by atoms with Crippen LogP contribution >= 0.6 is 0 Å². The first-order chi connectivity index (χ1) is 9.38. The van der Waals surface area contributed by atoms with Gasteiger partial charge < -0.3 is 15.7 Å². The molecule has 2 amide bonds. The Morgan fingerprint density at radius 3 is 2.40 bits per heavy atom. The highest BCUT2D eigenvalue weighted by Gasteiger charge is 2.08. The Balaban J connectivity index is 2.43. The summed E-state index contributed by atoms with van der Waals surface area (Å²) in [6.07, 6.45) is 1.81. The van der Waals surface area contributed by atoms with Gasteiger partial charge in [-0.1, -0.05) is 12.1 Å². The zero-order chi connectivity index (χ0) is 15.1. The summed E-state index contributed by atoms with van der Waals surface area (Å²) in [6.45, 7) is 3.57. The molecule has 0 radical (unpaired) electrons. The number of aliphatic hydroxyl groups excluding tert-OH is 1. The van der Waals surface area contributed by atoms with Crippen LogP contribution in [0.2, 0.25) is 0 Å². The molecule has 0 spiro atoms. The molecule has 1 aromatic rings. The maximum atomic E-state index is 11.7. The smallest absolute Gasteiger partial charge is 0.319 e. The van der Waals surface area contributed by atoms with Gasteiger partial charge in [-0.15, -0.1) is 0 Å². The van der Waals surface area contributed by atoms with Gasteiger partial charge in [0.2, 0.25) is 0 Å². The van der Waals surface area contributed by atoms with Crippen LogP contribution < -0.4 is 10.6 Å². The number of hydrogen-bond donors (Lipinski definition) is 3. The maximum Gasteiger partial charge on any atom is 0.319 e. The maximum absolute atomic E-state index is 11.7. The SMILES string of the molecule is CC(CCS(C)=O)NC(=O)Nc1ccc(C(C)O)cc1. The van der Waals surface area contributed by atoms with Gasteiger partial charge in [-0.2, -0.15) is 0 Å². The quantitative estimate of drug-likeness (QED) is 0.752.